The fourth-order valence-corrected chi connectivity index (χ4v) is 3.88. The number of alkyl halides is 3. The van der Waals surface area contributed by atoms with Crippen LogP contribution in [-0.4, -0.2) is 27.3 Å². The maximum Gasteiger partial charge on any atom is 0.433 e. The van der Waals surface area contributed by atoms with Gasteiger partial charge >= 0.3 is 6.18 Å². The van der Waals surface area contributed by atoms with Gasteiger partial charge in [-0.25, -0.2) is 9.97 Å². The molecule has 9 heteroatoms. The van der Waals surface area contributed by atoms with E-state index in [-0.39, 0.29) is 11.7 Å². The first-order chi connectivity index (χ1) is 14.4. The van der Waals surface area contributed by atoms with Gasteiger partial charge in [-0.1, -0.05) is 19.3 Å². The monoisotopic (exact) mass is 416 g/mol. The Kier molecular flexibility index (Phi) is 5.36. The number of hydrazone groups is 1. The van der Waals surface area contributed by atoms with E-state index in [0.29, 0.717) is 17.2 Å². The molecule has 158 valence electrons. The van der Waals surface area contributed by atoms with Crippen LogP contribution in [0.1, 0.15) is 43.4 Å². The Bertz CT molecular complexity index is 1070. The highest BCUT2D eigenvalue weighted by Crippen LogP contribution is 2.32. The third-order valence-electron chi connectivity index (χ3n) is 5.40. The third kappa shape index (κ3) is 3.96. The standard InChI is InChI=1S/C21H23F3N6/c1-13-12-15(8-9-16(13)29-25-2)30-19-17(10-11-18(28-19)21(22,23)24)27-20(30)26-14-6-4-3-5-7-14/h8-12,14,29H,2-7H2,1H3,(H,26,27). The Balaban J connectivity index is 1.85. The lowest BCUT2D eigenvalue weighted by Crippen LogP contribution is -2.24. The van der Waals surface area contributed by atoms with Crippen LogP contribution in [0, 0.1) is 6.92 Å². The van der Waals surface area contributed by atoms with Crippen LogP contribution in [0.3, 0.4) is 0 Å². The molecule has 1 fully saturated rings. The van der Waals surface area contributed by atoms with Crippen molar-refractivity contribution in [3.63, 3.8) is 0 Å². The van der Waals surface area contributed by atoms with Gasteiger partial charge in [0.2, 0.25) is 5.95 Å². The van der Waals surface area contributed by atoms with Gasteiger partial charge in [0, 0.05) is 12.8 Å². The van der Waals surface area contributed by atoms with Gasteiger partial charge in [0.25, 0.3) is 0 Å². The molecular weight excluding hydrogens is 393 g/mol. The number of aromatic nitrogens is 3. The van der Waals surface area contributed by atoms with Gasteiger partial charge in [-0.2, -0.15) is 18.3 Å². The van der Waals surface area contributed by atoms with Crippen molar-refractivity contribution in [1.29, 1.82) is 0 Å². The summed E-state index contributed by atoms with van der Waals surface area (Å²) in [6, 6.07) is 8.06. The van der Waals surface area contributed by atoms with Gasteiger partial charge in [-0.05, 0) is 55.7 Å². The Morgan fingerprint density at radius 3 is 2.53 bits per heavy atom. The molecule has 2 N–H and O–H groups in total. The van der Waals surface area contributed by atoms with E-state index in [2.05, 4.69) is 32.5 Å². The quantitative estimate of drug-likeness (QED) is 0.425. The van der Waals surface area contributed by atoms with E-state index in [9.17, 15) is 13.2 Å². The number of anilines is 2. The third-order valence-corrected chi connectivity index (χ3v) is 5.40. The molecule has 30 heavy (non-hydrogen) atoms. The number of aryl methyl sites for hydroxylation is 1. The molecule has 1 aromatic carbocycles. The summed E-state index contributed by atoms with van der Waals surface area (Å²) < 4.78 is 41.6. The average molecular weight is 416 g/mol. The molecule has 3 aromatic rings. The second-order valence-corrected chi connectivity index (χ2v) is 7.56. The number of benzene rings is 1. The summed E-state index contributed by atoms with van der Waals surface area (Å²) in [7, 11) is 0. The zero-order valence-corrected chi connectivity index (χ0v) is 16.6. The molecular formula is C21H23F3N6. The Labute approximate surface area is 172 Å². The Morgan fingerprint density at radius 2 is 1.87 bits per heavy atom. The summed E-state index contributed by atoms with van der Waals surface area (Å²) >= 11 is 0. The lowest BCUT2D eigenvalue weighted by molar-refractivity contribution is -0.141. The normalized spacial score (nSPS) is 15.3. The summed E-state index contributed by atoms with van der Waals surface area (Å²) in [4.78, 5) is 8.49. The number of nitrogens with zero attached hydrogens (tertiary/aromatic N) is 4. The van der Waals surface area contributed by atoms with Crippen LogP contribution >= 0.6 is 0 Å². The largest absolute Gasteiger partial charge is 0.433 e. The Hall–Kier alpha value is -3.10. The van der Waals surface area contributed by atoms with Crippen molar-refractivity contribution in [2.24, 2.45) is 5.10 Å². The first kappa shape index (κ1) is 20.2. The van der Waals surface area contributed by atoms with Crippen LogP contribution in [0.15, 0.2) is 35.4 Å². The second kappa shape index (κ2) is 7.97. The number of halogens is 3. The van der Waals surface area contributed by atoms with E-state index in [1.54, 1.807) is 10.6 Å². The van der Waals surface area contributed by atoms with E-state index in [1.807, 2.05) is 19.1 Å². The van der Waals surface area contributed by atoms with Gasteiger partial charge in [0.1, 0.15) is 11.2 Å². The van der Waals surface area contributed by atoms with Crippen LogP contribution in [0.25, 0.3) is 16.9 Å². The number of hydrogen-bond acceptors (Lipinski definition) is 5. The molecule has 0 atom stereocenters. The zero-order valence-electron chi connectivity index (χ0n) is 16.6. The first-order valence-electron chi connectivity index (χ1n) is 9.93. The molecule has 0 radical (unpaired) electrons. The van der Waals surface area contributed by atoms with Gasteiger partial charge < -0.3 is 5.32 Å². The summed E-state index contributed by atoms with van der Waals surface area (Å²) in [6.45, 7) is 5.31. The van der Waals surface area contributed by atoms with Crippen molar-refractivity contribution in [2.45, 2.75) is 51.2 Å². The van der Waals surface area contributed by atoms with Crippen LogP contribution in [0.4, 0.5) is 24.8 Å². The first-order valence-corrected chi connectivity index (χ1v) is 9.93. The molecule has 0 saturated heterocycles. The van der Waals surface area contributed by atoms with Gasteiger partial charge in [0.05, 0.1) is 11.4 Å². The summed E-state index contributed by atoms with van der Waals surface area (Å²) in [5, 5.41) is 7.12. The minimum atomic E-state index is -4.53. The highest BCUT2D eigenvalue weighted by molar-refractivity contribution is 5.78. The van der Waals surface area contributed by atoms with Crippen molar-refractivity contribution in [3.8, 4) is 5.69 Å². The fourth-order valence-electron chi connectivity index (χ4n) is 3.88. The van der Waals surface area contributed by atoms with Crippen molar-refractivity contribution in [3.05, 3.63) is 41.6 Å². The van der Waals surface area contributed by atoms with Crippen molar-refractivity contribution in [2.75, 3.05) is 10.7 Å². The molecule has 2 aromatic heterocycles. The van der Waals surface area contributed by atoms with Crippen LogP contribution in [0.5, 0.6) is 0 Å². The molecule has 6 nitrogen and oxygen atoms in total. The van der Waals surface area contributed by atoms with Gasteiger partial charge in [-0.3, -0.25) is 9.99 Å². The fraction of sp³-hybridized carbons (Fsp3) is 0.381. The molecule has 1 aliphatic carbocycles. The minimum absolute atomic E-state index is 0.171. The smallest absolute Gasteiger partial charge is 0.353 e. The number of nitrogens with one attached hydrogen (secondary N) is 2. The lowest BCUT2D eigenvalue weighted by Gasteiger charge is -2.23. The SMILES string of the molecule is C=NNc1ccc(-n2c(NC3CCCCC3)nc3ccc(C(F)(F)F)nc32)cc1C. The molecule has 0 amide bonds. The second-order valence-electron chi connectivity index (χ2n) is 7.56. The molecule has 0 bridgehead atoms. The van der Waals surface area contributed by atoms with Gasteiger partial charge in [0.15, 0.2) is 5.65 Å². The summed E-state index contributed by atoms with van der Waals surface area (Å²) in [5.74, 6) is 0.505. The molecule has 2 heterocycles. The number of pyridine rings is 1. The average Bonchev–Trinajstić information content (AvgIpc) is 3.07. The van der Waals surface area contributed by atoms with E-state index >= 15 is 0 Å². The molecule has 0 unspecified atom stereocenters. The number of hydrogen-bond donors (Lipinski definition) is 2. The van der Waals surface area contributed by atoms with E-state index in [0.717, 1.165) is 43.0 Å². The minimum Gasteiger partial charge on any atom is -0.353 e. The van der Waals surface area contributed by atoms with E-state index in [1.165, 1.54) is 12.5 Å². The highest BCUT2D eigenvalue weighted by Gasteiger charge is 2.33. The number of imidazole rings is 1. The number of fused-ring (bicyclic) bond motifs is 1. The van der Waals surface area contributed by atoms with Crippen molar-refractivity contribution >= 4 is 29.5 Å². The molecule has 1 aliphatic rings. The number of rotatable bonds is 5. The molecule has 4 rings (SSSR count). The highest BCUT2D eigenvalue weighted by atomic mass is 19.4. The van der Waals surface area contributed by atoms with Crippen LogP contribution in [0.2, 0.25) is 0 Å². The molecule has 1 saturated carbocycles. The van der Waals surface area contributed by atoms with Crippen molar-refractivity contribution < 1.29 is 13.2 Å². The predicted octanol–water partition coefficient (Wildman–Crippen LogP) is 5.52. The molecule has 0 spiro atoms. The predicted molar refractivity (Wildman–Crippen MR) is 112 cm³/mol. The Morgan fingerprint density at radius 1 is 1.10 bits per heavy atom. The van der Waals surface area contributed by atoms with Gasteiger partial charge in [-0.15, -0.1) is 0 Å². The maximum absolute atomic E-state index is 13.3. The molecule has 0 aliphatic heterocycles. The topological polar surface area (TPSA) is 67.1 Å². The summed E-state index contributed by atoms with van der Waals surface area (Å²) in [6.07, 6.45) is 0.953. The van der Waals surface area contributed by atoms with E-state index < -0.39 is 11.9 Å². The zero-order chi connectivity index (χ0) is 21.3. The van der Waals surface area contributed by atoms with E-state index in [4.69, 9.17) is 0 Å². The van der Waals surface area contributed by atoms with Crippen LogP contribution in [-0.2, 0) is 6.18 Å². The lowest BCUT2D eigenvalue weighted by atomic mass is 9.96. The summed E-state index contributed by atoms with van der Waals surface area (Å²) in [5.41, 5.74) is 4.76. The van der Waals surface area contributed by atoms with Crippen LogP contribution < -0.4 is 10.7 Å². The van der Waals surface area contributed by atoms with Crippen molar-refractivity contribution in [1.82, 2.24) is 14.5 Å². The maximum atomic E-state index is 13.3.